The number of rotatable bonds is 4. The lowest BCUT2D eigenvalue weighted by molar-refractivity contribution is -0.127. The Hall–Kier alpha value is -1.12. The molecule has 1 amide bonds. The Morgan fingerprint density at radius 3 is 2.47 bits per heavy atom. The topological polar surface area (TPSA) is 65.4 Å². The van der Waals surface area contributed by atoms with E-state index in [1.807, 2.05) is 20.8 Å². The minimum atomic E-state index is -0.694. The van der Waals surface area contributed by atoms with E-state index < -0.39 is 5.54 Å². The van der Waals surface area contributed by atoms with Crippen molar-refractivity contribution in [1.82, 2.24) is 10.2 Å². The molecule has 1 heterocycles. The zero-order valence-corrected chi connectivity index (χ0v) is 12.0. The lowest BCUT2D eigenvalue weighted by Gasteiger charge is -2.35. The van der Waals surface area contributed by atoms with Gasteiger partial charge in [0.2, 0.25) is 5.91 Å². The van der Waals surface area contributed by atoms with Crippen molar-refractivity contribution in [3.63, 3.8) is 0 Å². The van der Waals surface area contributed by atoms with Gasteiger partial charge in [-0.25, -0.2) is 0 Å². The zero-order valence-electron chi connectivity index (χ0n) is 12.0. The number of carbonyl (C=O) groups is 1. The summed E-state index contributed by atoms with van der Waals surface area (Å²) in [4.78, 5) is 14.2. The number of nitrogens with one attached hydrogen (secondary N) is 1. The molecule has 1 saturated heterocycles. The average molecular weight is 265 g/mol. The van der Waals surface area contributed by atoms with Crippen LogP contribution >= 0.6 is 0 Å². The molecule has 5 heteroatoms. The fraction of sp³-hybridized carbons (Fsp3) is 0.857. The van der Waals surface area contributed by atoms with E-state index in [2.05, 4.69) is 16.3 Å². The summed E-state index contributed by atoms with van der Waals surface area (Å²) in [5.41, 5.74) is -0.694. The van der Waals surface area contributed by atoms with Crippen molar-refractivity contribution in [3.05, 3.63) is 0 Å². The van der Waals surface area contributed by atoms with Crippen molar-refractivity contribution in [1.29, 1.82) is 5.26 Å². The van der Waals surface area contributed by atoms with E-state index in [0.29, 0.717) is 12.5 Å². The first-order chi connectivity index (χ1) is 8.93. The highest BCUT2D eigenvalue weighted by atomic mass is 16.5. The third-order valence-corrected chi connectivity index (χ3v) is 3.89. The molecule has 0 aromatic carbocycles. The molecular formula is C14H23N3O2. The number of carbonyl (C=O) groups excluding carboxylic acids is 1. The molecule has 2 aliphatic rings. The summed E-state index contributed by atoms with van der Waals surface area (Å²) < 4.78 is 5.64. The maximum atomic E-state index is 12.1. The fourth-order valence-corrected chi connectivity index (χ4v) is 2.83. The highest BCUT2D eigenvalue weighted by Crippen LogP contribution is 2.39. The van der Waals surface area contributed by atoms with Crippen LogP contribution in [0.4, 0.5) is 0 Å². The van der Waals surface area contributed by atoms with Crippen LogP contribution in [0.25, 0.3) is 0 Å². The summed E-state index contributed by atoms with van der Waals surface area (Å²) >= 11 is 0. The Kier molecular flexibility index (Phi) is 4.12. The van der Waals surface area contributed by atoms with E-state index in [1.54, 1.807) is 0 Å². The maximum absolute atomic E-state index is 12.1. The molecule has 106 valence electrons. The van der Waals surface area contributed by atoms with E-state index in [1.165, 1.54) is 0 Å². The van der Waals surface area contributed by atoms with E-state index in [4.69, 9.17) is 4.74 Å². The van der Waals surface area contributed by atoms with Crippen LogP contribution < -0.4 is 5.32 Å². The van der Waals surface area contributed by atoms with E-state index in [0.717, 1.165) is 25.9 Å². The molecule has 3 atom stereocenters. The third-order valence-electron chi connectivity index (χ3n) is 3.89. The average Bonchev–Trinajstić information content (AvgIpc) is 3.10. The summed E-state index contributed by atoms with van der Waals surface area (Å²) in [6, 6.07) is 2.25. The molecule has 1 aliphatic carbocycles. The van der Waals surface area contributed by atoms with Gasteiger partial charge in [-0.15, -0.1) is 0 Å². The quantitative estimate of drug-likeness (QED) is 0.820. The second-order valence-corrected chi connectivity index (χ2v) is 6.09. The molecule has 19 heavy (non-hydrogen) atoms. The second-order valence-electron chi connectivity index (χ2n) is 6.09. The minimum absolute atomic E-state index is 0.0581. The number of hydrogen-bond donors (Lipinski definition) is 1. The number of hydrogen-bond acceptors (Lipinski definition) is 4. The highest BCUT2D eigenvalue weighted by molar-refractivity contribution is 5.79. The Balaban J connectivity index is 1.85. The number of morpholine rings is 1. The molecule has 1 saturated carbocycles. The smallest absolute Gasteiger partial charge is 0.235 e. The lowest BCUT2D eigenvalue weighted by Crippen LogP contribution is -2.53. The molecule has 2 fully saturated rings. The lowest BCUT2D eigenvalue weighted by atomic mass is 9.98. The molecule has 0 aromatic rings. The minimum Gasteiger partial charge on any atom is -0.373 e. The number of ether oxygens (including phenoxy) is 1. The van der Waals surface area contributed by atoms with Gasteiger partial charge in [-0.2, -0.15) is 5.26 Å². The molecule has 1 N–H and O–H groups in total. The van der Waals surface area contributed by atoms with Gasteiger partial charge in [0.25, 0.3) is 0 Å². The van der Waals surface area contributed by atoms with Gasteiger partial charge < -0.3 is 10.1 Å². The zero-order chi connectivity index (χ0) is 14.0. The first kappa shape index (κ1) is 14.3. The van der Waals surface area contributed by atoms with Gasteiger partial charge in [0.15, 0.2) is 0 Å². The Morgan fingerprint density at radius 1 is 1.42 bits per heavy atom. The normalized spacial score (nSPS) is 31.3. The van der Waals surface area contributed by atoms with Gasteiger partial charge in [-0.05, 0) is 39.5 Å². The van der Waals surface area contributed by atoms with Crippen LogP contribution in [-0.4, -0.2) is 48.2 Å². The Morgan fingerprint density at radius 2 is 2.00 bits per heavy atom. The number of nitriles is 1. The predicted octanol–water partition coefficient (Wildman–Crippen LogP) is 0.904. The molecule has 1 aliphatic heterocycles. The predicted molar refractivity (Wildman–Crippen MR) is 71.3 cm³/mol. The van der Waals surface area contributed by atoms with Crippen LogP contribution in [0, 0.1) is 17.2 Å². The van der Waals surface area contributed by atoms with Crippen molar-refractivity contribution in [2.75, 3.05) is 19.6 Å². The molecule has 0 spiro atoms. The summed E-state index contributed by atoms with van der Waals surface area (Å²) in [6.45, 7) is 7.75. The fourth-order valence-electron chi connectivity index (χ4n) is 2.83. The van der Waals surface area contributed by atoms with Gasteiger partial charge in [-0.3, -0.25) is 9.69 Å². The Labute approximate surface area is 114 Å². The van der Waals surface area contributed by atoms with Crippen molar-refractivity contribution >= 4 is 5.91 Å². The van der Waals surface area contributed by atoms with Crippen molar-refractivity contribution in [2.24, 2.45) is 5.92 Å². The van der Waals surface area contributed by atoms with Gasteiger partial charge >= 0.3 is 0 Å². The maximum Gasteiger partial charge on any atom is 0.235 e. The van der Waals surface area contributed by atoms with Gasteiger partial charge in [0.1, 0.15) is 5.54 Å². The Bertz CT molecular complexity index is 379. The molecule has 0 aromatic heterocycles. The van der Waals surface area contributed by atoms with Gasteiger partial charge in [0, 0.05) is 13.1 Å². The van der Waals surface area contributed by atoms with Crippen LogP contribution in [0.3, 0.4) is 0 Å². The highest BCUT2D eigenvalue weighted by Gasteiger charge is 2.43. The van der Waals surface area contributed by atoms with Crippen molar-refractivity contribution < 1.29 is 9.53 Å². The van der Waals surface area contributed by atoms with E-state index in [-0.39, 0.29) is 18.1 Å². The summed E-state index contributed by atoms with van der Waals surface area (Å²) in [5.74, 6) is 0.265. The van der Waals surface area contributed by atoms with Crippen LogP contribution in [0.1, 0.15) is 33.6 Å². The first-order valence-electron chi connectivity index (χ1n) is 7.03. The summed E-state index contributed by atoms with van der Waals surface area (Å²) in [7, 11) is 0. The van der Waals surface area contributed by atoms with Gasteiger partial charge in [0.05, 0.1) is 24.8 Å². The van der Waals surface area contributed by atoms with Crippen molar-refractivity contribution in [2.45, 2.75) is 51.4 Å². The van der Waals surface area contributed by atoms with Crippen LogP contribution in [-0.2, 0) is 9.53 Å². The molecule has 0 unspecified atom stereocenters. The molecular weight excluding hydrogens is 242 g/mol. The first-order valence-corrected chi connectivity index (χ1v) is 7.03. The van der Waals surface area contributed by atoms with Crippen molar-refractivity contribution in [3.8, 4) is 6.07 Å². The summed E-state index contributed by atoms with van der Waals surface area (Å²) in [5, 5.41) is 12.1. The second kappa shape index (κ2) is 5.48. The molecule has 0 bridgehead atoms. The van der Waals surface area contributed by atoms with Crippen LogP contribution in [0.5, 0.6) is 0 Å². The standard InChI is InChI=1S/C14H23N3O2/c1-10-6-17(7-11(2)19-10)8-13(18)16-14(3,9-15)12-4-5-12/h10-12H,4-8H2,1-3H3,(H,16,18)/t10-,11-,14-/m1/s1. The van der Waals surface area contributed by atoms with Gasteiger partial charge in [-0.1, -0.05) is 0 Å². The molecule has 2 rings (SSSR count). The summed E-state index contributed by atoms with van der Waals surface area (Å²) in [6.07, 6.45) is 2.39. The SMILES string of the molecule is C[C@@H]1CN(CC(=O)N[C@](C)(C#N)C2CC2)C[C@@H](C)O1. The van der Waals surface area contributed by atoms with E-state index in [9.17, 15) is 10.1 Å². The monoisotopic (exact) mass is 265 g/mol. The molecule has 5 nitrogen and oxygen atoms in total. The molecule has 0 radical (unpaired) electrons. The van der Waals surface area contributed by atoms with E-state index >= 15 is 0 Å². The third kappa shape index (κ3) is 3.68. The van der Waals surface area contributed by atoms with Crippen LogP contribution in [0.15, 0.2) is 0 Å². The van der Waals surface area contributed by atoms with Crippen LogP contribution in [0.2, 0.25) is 0 Å². The number of nitrogens with zero attached hydrogens (tertiary/aromatic N) is 2. The largest absolute Gasteiger partial charge is 0.373 e. The number of amides is 1.